The van der Waals surface area contributed by atoms with Crippen LogP contribution in [0.2, 0.25) is 0 Å². The first kappa shape index (κ1) is 22.3. The van der Waals surface area contributed by atoms with Gasteiger partial charge in [-0.05, 0) is 43.0 Å². The maximum Gasteiger partial charge on any atom is 0.435 e. The van der Waals surface area contributed by atoms with Crippen LogP contribution in [0, 0.1) is 16.7 Å². The lowest BCUT2D eigenvalue weighted by atomic mass is 9.80. The van der Waals surface area contributed by atoms with Crippen molar-refractivity contribution in [3.8, 4) is 0 Å². The molecule has 1 unspecified atom stereocenters. The monoisotopic (exact) mass is 443 g/mol. The van der Waals surface area contributed by atoms with Crippen LogP contribution in [0.4, 0.5) is 13.2 Å². The average molecular weight is 444 g/mol. The summed E-state index contributed by atoms with van der Waals surface area (Å²) in [5.41, 5.74) is 1.78. The number of aromatic nitrogens is 4. The van der Waals surface area contributed by atoms with E-state index in [-0.39, 0.29) is 16.7 Å². The Hall–Kier alpha value is -2.90. The normalized spacial score (nSPS) is 20.3. The number of rotatable bonds is 6. The van der Waals surface area contributed by atoms with Crippen molar-refractivity contribution in [1.29, 1.82) is 0 Å². The Labute approximate surface area is 186 Å². The van der Waals surface area contributed by atoms with E-state index in [1.54, 1.807) is 0 Å². The lowest BCUT2D eigenvalue weighted by molar-refractivity contribution is -0.141. The van der Waals surface area contributed by atoms with Crippen LogP contribution >= 0.6 is 0 Å². The minimum Gasteiger partial charge on any atom is -0.244 e. The fourth-order valence-electron chi connectivity index (χ4n) is 4.34. The molecule has 170 valence electrons. The highest BCUT2D eigenvalue weighted by molar-refractivity contribution is 5.99. The second-order valence-electron chi connectivity index (χ2n) is 9.69. The van der Waals surface area contributed by atoms with Crippen molar-refractivity contribution >= 4 is 17.2 Å². The summed E-state index contributed by atoms with van der Waals surface area (Å²) in [5, 5.41) is 8.41. The Morgan fingerprint density at radius 1 is 1.00 bits per heavy atom. The topological polar surface area (TPSA) is 48.0 Å². The zero-order valence-corrected chi connectivity index (χ0v) is 19.0. The maximum atomic E-state index is 12.9. The standard InChI is InChI=1S/C24H28F3N5/c1-16(8-9-17-10-13-31(29-17)19-7-6-12-22(19,2)3)21-23(4,5)15-20(28-21)32-14-11-18(30-32)24(25,26)27/h6-7,10-16H,8-9H2,1-5H3. The smallest absolute Gasteiger partial charge is 0.244 e. The maximum absolute atomic E-state index is 12.9. The average Bonchev–Trinajstić information content (AvgIpc) is 3.43. The number of hydrogen-bond donors (Lipinski definition) is 0. The van der Waals surface area contributed by atoms with Gasteiger partial charge in [-0.1, -0.05) is 46.8 Å². The molecule has 2 aromatic heterocycles. The number of aryl methyl sites for hydroxylation is 1. The summed E-state index contributed by atoms with van der Waals surface area (Å²) in [5.74, 6) is 0.574. The van der Waals surface area contributed by atoms with Crippen LogP contribution in [0.15, 0.2) is 53.8 Å². The predicted octanol–water partition coefficient (Wildman–Crippen LogP) is 6.08. The van der Waals surface area contributed by atoms with E-state index in [9.17, 15) is 13.2 Å². The summed E-state index contributed by atoms with van der Waals surface area (Å²) in [7, 11) is 0. The van der Waals surface area contributed by atoms with Gasteiger partial charge in [0.2, 0.25) is 0 Å². The second kappa shape index (κ2) is 7.60. The number of hydrogen-bond acceptors (Lipinski definition) is 3. The summed E-state index contributed by atoms with van der Waals surface area (Å²) < 4.78 is 41.9. The van der Waals surface area contributed by atoms with E-state index in [1.807, 2.05) is 36.9 Å². The number of allylic oxidation sites excluding steroid dienone is 5. The molecule has 5 nitrogen and oxygen atoms in total. The molecule has 0 saturated heterocycles. The summed E-state index contributed by atoms with van der Waals surface area (Å²) >= 11 is 0. The summed E-state index contributed by atoms with van der Waals surface area (Å²) in [4.78, 5) is 4.67. The van der Waals surface area contributed by atoms with Crippen molar-refractivity contribution in [3.05, 3.63) is 60.2 Å². The molecule has 1 atom stereocenters. The van der Waals surface area contributed by atoms with Gasteiger partial charge in [-0.15, -0.1) is 0 Å². The highest BCUT2D eigenvalue weighted by Crippen LogP contribution is 2.37. The fourth-order valence-corrected chi connectivity index (χ4v) is 4.34. The zero-order chi connectivity index (χ0) is 23.3. The van der Waals surface area contributed by atoms with Crippen LogP contribution in [0.3, 0.4) is 0 Å². The third kappa shape index (κ3) is 4.23. The number of nitrogens with zero attached hydrogens (tertiary/aromatic N) is 5. The summed E-state index contributed by atoms with van der Waals surface area (Å²) in [6.07, 6.45) is 8.64. The van der Waals surface area contributed by atoms with Gasteiger partial charge in [0.05, 0.1) is 11.4 Å². The molecule has 4 rings (SSSR count). The van der Waals surface area contributed by atoms with E-state index in [0.29, 0.717) is 5.82 Å². The first-order valence-electron chi connectivity index (χ1n) is 10.8. The Balaban J connectivity index is 1.44. The van der Waals surface area contributed by atoms with Gasteiger partial charge in [-0.3, -0.25) is 0 Å². The first-order valence-corrected chi connectivity index (χ1v) is 10.8. The first-order chi connectivity index (χ1) is 14.9. The fraction of sp³-hybridized carbons (Fsp3) is 0.458. The second-order valence-corrected chi connectivity index (χ2v) is 9.69. The molecule has 2 aromatic rings. The molecule has 0 aromatic carbocycles. The SMILES string of the molecule is CC(CCc1ccn(C2=CC=CC2(C)C)n1)C1=NC(n2ccc(C(F)(F)F)n2)=CC1(C)C. The lowest BCUT2D eigenvalue weighted by Crippen LogP contribution is -2.26. The van der Waals surface area contributed by atoms with E-state index in [1.165, 1.54) is 10.9 Å². The largest absolute Gasteiger partial charge is 0.435 e. The van der Waals surface area contributed by atoms with Crippen molar-refractivity contribution < 1.29 is 13.2 Å². The highest BCUT2D eigenvalue weighted by atomic mass is 19.4. The van der Waals surface area contributed by atoms with Gasteiger partial charge in [0.25, 0.3) is 0 Å². The van der Waals surface area contributed by atoms with Crippen LogP contribution in [-0.4, -0.2) is 25.3 Å². The van der Waals surface area contributed by atoms with Gasteiger partial charge in [0, 0.05) is 28.9 Å². The molecule has 3 heterocycles. The van der Waals surface area contributed by atoms with Gasteiger partial charge in [0.15, 0.2) is 5.69 Å². The lowest BCUT2D eigenvalue weighted by Gasteiger charge is -2.23. The van der Waals surface area contributed by atoms with E-state index in [4.69, 9.17) is 5.10 Å². The van der Waals surface area contributed by atoms with E-state index < -0.39 is 11.9 Å². The molecule has 0 amide bonds. The molecule has 0 bridgehead atoms. The minimum atomic E-state index is -4.47. The Bertz CT molecular complexity index is 1140. The van der Waals surface area contributed by atoms with Crippen molar-refractivity contribution in [1.82, 2.24) is 19.6 Å². The molecular weight excluding hydrogens is 415 g/mol. The number of halogens is 3. The van der Waals surface area contributed by atoms with E-state index in [0.717, 1.165) is 36.0 Å². The summed E-state index contributed by atoms with van der Waals surface area (Å²) in [6, 6.07) is 3.01. The number of aliphatic imine (C=N–C) groups is 1. The summed E-state index contributed by atoms with van der Waals surface area (Å²) in [6.45, 7) is 10.5. The number of alkyl halides is 3. The molecule has 1 aliphatic heterocycles. The quantitative estimate of drug-likeness (QED) is 0.543. The molecule has 2 aliphatic rings. The van der Waals surface area contributed by atoms with Crippen molar-refractivity contribution in [2.24, 2.45) is 21.7 Å². The molecule has 0 fully saturated rings. The molecule has 32 heavy (non-hydrogen) atoms. The van der Waals surface area contributed by atoms with Crippen LogP contribution in [0.1, 0.15) is 52.4 Å². The molecule has 8 heteroatoms. The van der Waals surface area contributed by atoms with Crippen molar-refractivity contribution in [2.75, 3.05) is 0 Å². The molecular formula is C24H28F3N5. The van der Waals surface area contributed by atoms with Crippen LogP contribution in [0.5, 0.6) is 0 Å². The third-order valence-electron chi connectivity index (χ3n) is 6.12. The van der Waals surface area contributed by atoms with E-state index in [2.05, 4.69) is 49.1 Å². The predicted molar refractivity (Wildman–Crippen MR) is 120 cm³/mol. The van der Waals surface area contributed by atoms with Crippen LogP contribution in [0.25, 0.3) is 11.5 Å². The van der Waals surface area contributed by atoms with Gasteiger partial charge in [-0.2, -0.15) is 23.4 Å². The van der Waals surface area contributed by atoms with Gasteiger partial charge in [-0.25, -0.2) is 14.4 Å². The van der Waals surface area contributed by atoms with Crippen LogP contribution < -0.4 is 0 Å². The van der Waals surface area contributed by atoms with Gasteiger partial charge >= 0.3 is 6.18 Å². The third-order valence-corrected chi connectivity index (χ3v) is 6.12. The van der Waals surface area contributed by atoms with Crippen molar-refractivity contribution in [3.63, 3.8) is 0 Å². The van der Waals surface area contributed by atoms with Gasteiger partial charge in [0.1, 0.15) is 5.82 Å². The molecule has 0 radical (unpaired) electrons. The Kier molecular flexibility index (Phi) is 5.30. The molecule has 0 N–H and O–H groups in total. The van der Waals surface area contributed by atoms with Crippen molar-refractivity contribution in [2.45, 2.75) is 53.6 Å². The van der Waals surface area contributed by atoms with Gasteiger partial charge < -0.3 is 0 Å². The Morgan fingerprint density at radius 3 is 2.34 bits per heavy atom. The Morgan fingerprint density at radius 2 is 1.72 bits per heavy atom. The molecule has 0 saturated carbocycles. The molecule has 1 aliphatic carbocycles. The zero-order valence-electron chi connectivity index (χ0n) is 19.0. The van der Waals surface area contributed by atoms with Crippen LogP contribution in [-0.2, 0) is 12.6 Å². The van der Waals surface area contributed by atoms with E-state index >= 15 is 0 Å². The highest BCUT2D eigenvalue weighted by Gasteiger charge is 2.36. The molecule has 0 spiro atoms. The minimum absolute atomic E-state index is 0.0419.